The van der Waals surface area contributed by atoms with Crippen molar-refractivity contribution >= 4 is 18.7 Å². The van der Waals surface area contributed by atoms with Crippen LogP contribution in [0.1, 0.15) is 34.6 Å². The molecule has 1 aliphatic heterocycles. The first-order chi connectivity index (χ1) is 13.8. The second-order valence-corrected chi connectivity index (χ2v) is 13.7. The molecule has 2 aromatic carbocycles. The minimum absolute atomic E-state index is 0.00730. The maximum absolute atomic E-state index is 7.08. The molecule has 4 heteroatoms. The summed E-state index contributed by atoms with van der Waals surface area (Å²) in [5.41, 5.74) is 0. The van der Waals surface area contributed by atoms with Crippen LogP contribution >= 0.6 is 0 Å². The molecule has 0 radical (unpaired) electrons. The van der Waals surface area contributed by atoms with Gasteiger partial charge in [0.15, 0.2) is 0 Å². The lowest BCUT2D eigenvalue weighted by atomic mass is 9.92. The van der Waals surface area contributed by atoms with Crippen molar-refractivity contribution in [3.8, 4) is 0 Å². The second kappa shape index (κ2) is 9.13. The summed E-state index contributed by atoms with van der Waals surface area (Å²) < 4.78 is 18.8. The number of rotatable bonds is 7. The molecule has 158 valence electrons. The molecule has 0 aromatic heterocycles. The monoisotopic (exact) mass is 412 g/mol. The fourth-order valence-corrected chi connectivity index (χ4v) is 9.47. The average molecular weight is 413 g/mol. The van der Waals surface area contributed by atoms with Crippen LogP contribution in [0.2, 0.25) is 5.04 Å². The standard InChI is InChI=1S/C25H36O3Si/c1-19(24-20(2)23(26-6)18-27-24)17-28-29(25(3,4)5,21-13-9-7-10-14-21)22-15-11-8-12-16-22/h7-16,19-20,23-24H,17-18H2,1-6H3/t19-,20+,23+,24-/m1/s1. The predicted molar refractivity (Wildman–Crippen MR) is 122 cm³/mol. The largest absolute Gasteiger partial charge is 0.407 e. The number of hydrogen-bond acceptors (Lipinski definition) is 3. The van der Waals surface area contributed by atoms with Crippen LogP contribution in [0.4, 0.5) is 0 Å². The molecule has 4 atom stereocenters. The molecule has 1 aliphatic rings. The lowest BCUT2D eigenvalue weighted by Gasteiger charge is -2.44. The van der Waals surface area contributed by atoms with Gasteiger partial charge in [-0.05, 0) is 15.4 Å². The molecule has 3 nitrogen and oxygen atoms in total. The zero-order valence-electron chi connectivity index (χ0n) is 18.7. The summed E-state index contributed by atoms with van der Waals surface area (Å²) in [6, 6.07) is 21.6. The summed E-state index contributed by atoms with van der Waals surface area (Å²) in [6.07, 6.45) is 0.341. The molecule has 0 aliphatic carbocycles. The van der Waals surface area contributed by atoms with Crippen molar-refractivity contribution in [1.82, 2.24) is 0 Å². The predicted octanol–water partition coefficient (Wildman–Crippen LogP) is 4.25. The summed E-state index contributed by atoms with van der Waals surface area (Å²) >= 11 is 0. The van der Waals surface area contributed by atoms with E-state index in [1.165, 1.54) is 10.4 Å². The molecule has 29 heavy (non-hydrogen) atoms. The van der Waals surface area contributed by atoms with Crippen LogP contribution in [-0.4, -0.2) is 40.8 Å². The third kappa shape index (κ3) is 4.36. The molecule has 1 saturated heterocycles. The van der Waals surface area contributed by atoms with Gasteiger partial charge in [-0.3, -0.25) is 0 Å². The first-order valence-electron chi connectivity index (χ1n) is 10.7. The van der Waals surface area contributed by atoms with Gasteiger partial charge in [-0.1, -0.05) is 95.3 Å². The van der Waals surface area contributed by atoms with Gasteiger partial charge in [-0.25, -0.2) is 0 Å². The topological polar surface area (TPSA) is 27.7 Å². The fourth-order valence-electron chi connectivity index (χ4n) is 4.80. The molecule has 0 amide bonds. The van der Waals surface area contributed by atoms with Crippen LogP contribution in [0.3, 0.4) is 0 Å². The van der Waals surface area contributed by atoms with E-state index in [1.807, 2.05) is 0 Å². The van der Waals surface area contributed by atoms with E-state index in [0.717, 1.165) is 0 Å². The van der Waals surface area contributed by atoms with E-state index in [0.29, 0.717) is 25.0 Å². The van der Waals surface area contributed by atoms with Gasteiger partial charge < -0.3 is 13.9 Å². The SMILES string of the molecule is CO[C@H]1CO[C@H]([C@H](C)CO[Si](c2ccccc2)(c2ccccc2)C(C)(C)C)[C@H]1C. The molecule has 1 heterocycles. The molecular formula is C25H36O3Si. The van der Waals surface area contributed by atoms with Crippen molar-refractivity contribution < 1.29 is 13.9 Å². The highest BCUT2D eigenvalue weighted by Gasteiger charge is 2.50. The van der Waals surface area contributed by atoms with E-state index in [-0.39, 0.29) is 17.2 Å². The summed E-state index contributed by atoms with van der Waals surface area (Å²) in [7, 11) is -0.723. The Labute approximate surface area is 177 Å². The smallest absolute Gasteiger partial charge is 0.261 e. The number of benzene rings is 2. The third-order valence-electron chi connectivity index (χ3n) is 6.40. The normalized spacial score (nSPS) is 23.9. The van der Waals surface area contributed by atoms with Gasteiger partial charge in [0.25, 0.3) is 8.32 Å². The van der Waals surface area contributed by atoms with Gasteiger partial charge in [-0.15, -0.1) is 0 Å². The van der Waals surface area contributed by atoms with Crippen molar-refractivity contribution in [2.45, 2.75) is 51.9 Å². The molecule has 0 N–H and O–H groups in total. The van der Waals surface area contributed by atoms with Crippen LogP contribution in [0, 0.1) is 11.8 Å². The van der Waals surface area contributed by atoms with E-state index in [2.05, 4.69) is 95.3 Å². The number of hydrogen-bond donors (Lipinski definition) is 0. The van der Waals surface area contributed by atoms with E-state index in [4.69, 9.17) is 13.9 Å². The van der Waals surface area contributed by atoms with Gasteiger partial charge in [0.05, 0.1) is 18.8 Å². The van der Waals surface area contributed by atoms with Crippen molar-refractivity contribution in [3.63, 3.8) is 0 Å². The summed E-state index contributed by atoms with van der Waals surface area (Å²) in [6.45, 7) is 12.8. The average Bonchev–Trinajstić information content (AvgIpc) is 3.09. The van der Waals surface area contributed by atoms with Crippen molar-refractivity contribution in [2.75, 3.05) is 20.3 Å². The minimum atomic E-state index is -2.50. The Morgan fingerprint density at radius 2 is 1.52 bits per heavy atom. The van der Waals surface area contributed by atoms with Crippen molar-refractivity contribution in [2.24, 2.45) is 11.8 Å². The quantitative estimate of drug-likeness (QED) is 0.637. The highest BCUT2D eigenvalue weighted by Crippen LogP contribution is 2.38. The Hall–Kier alpha value is -1.46. The molecule has 0 spiro atoms. The van der Waals surface area contributed by atoms with E-state index < -0.39 is 8.32 Å². The maximum Gasteiger partial charge on any atom is 0.261 e. The summed E-state index contributed by atoms with van der Waals surface area (Å²) in [5, 5.41) is 2.63. The minimum Gasteiger partial charge on any atom is -0.407 e. The van der Waals surface area contributed by atoms with E-state index in [9.17, 15) is 0 Å². The molecule has 0 unspecified atom stereocenters. The number of methoxy groups -OCH3 is 1. The van der Waals surface area contributed by atoms with Crippen molar-refractivity contribution in [3.05, 3.63) is 60.7 Å². The Balaban J connectivity index is 1.94. The molecular weight excluding hydrogens is 376 g/mol. The van der Waals surface area contributed by atoms with Crippen molar-refractivity contribution in [1.29, 1.82) is 0 Å². The first kappa shape index (κ1) is 22.2. The lowest BCUT2D eigenvalue weighted by Crippen LogP contribution is -2.67. The molecule has 3 rings (SSSR count). The summed E-state index contributed by atoms with van der Waals surface area (Å²) in [5.74, 6) is 0.671. The molecule has 0 saturated carbocycles. The zero-order valence-corrected chi connectivity index (χ0v) is 19.7. The Morgan fingerprint density at radius 1 is 1.00 bits per heavy atom. The van der Waals surface area contributed by atoms with Gasteiger partial charge in [0, 0.05) is 25.6 Å². The molecule has 2 aromatic rings. The van der Waals surface area contributed by atoms with E-state index in [1.54, 1.807) is 7.11 Å². The Bertz CT molecular complexity index is 717. The zero-order chi connectivity index (χ0) is 21.1. The van der Waals surface area contributed by atoms with Crippen LogP contribution < -0.4 is 10.4 Å². The highest BCUT2D eigenvalue weighted by molar-refractivity contribution is 6.99. The van der Waals surface area contributed by atoms with Crippen LogP contribution in [0.5, 0.6) is 0 Å². The second-order valence-electron chi connectivity index (χ2n) is 9.38. The first-order valence-corrected chi connectivity index (χ1v) is 12.6. The van der Waals surface area contributed by atoms with Gasteiger partial charge in [0.1, 0.15) is 0 Å². The van der Waals surface area contributed by atoms with Gasteiger partial charge in [-0.2, -0.15) is 0 Å². The van der Waals surface area contributed by atoms with Crippen LogP contribution in [0.15, 0.2) is 60.7 Å². The molecule has 1 fully saturated rings. The lowest BCUT2D eigenvalue weighted by molar-refractivity contribution is 0.0299. The fraction of sp³-hybridized carbons (Fsp3) is 0.520. The highest BCUT2D eigenvalue weighted by atomic mass is 28.4. The van der Waals surface area contributed by atoms with Crippen LogP contribution in [0.25, 0.3) is 0 Å². The summed E-state index contributed by atoms with van der Waals surface area (Å²) in [4.78, 5) is 0. The van der Waals surface area contributed by atoms with E-state index >= 15 is 0 Å². The maximum atomic E-state index is 7.08. The Kier molecular flexibility index (Phi) is 7.00. The van der Waals surface area contributed by atoms with Gasteiger partial charge >= 0.3 is 0 Å². The number of ether oxygens (including phenoxy) is 2. The van der Waals surface area contributed by atoms with Crippen LogP contribution in [-0.2, 0) is 13.9 Å². The Morgan fingerprint density at radius 3 is 1.93 bits per heavy atom. The molecule has 0 bridgehead atoms. The van der Waals surface area contributed by atoms with Gasteiger partial charge in [0.2, 0.25) is 0 Å². The third-order valence-corrected chi connectivity index (χ3v) is 11.4.